The third-order valence-corrected chi connectivity index (χ3v) is 7.61. The molecule has 182 valence electrons. The summed E-state index contributed by atoms with van der Waals surface area (Å²) in [6.07, 6.45) is 0. The molecule has 1 aromatic heterocycles. The topological polar surface area (TPSA) is 193 Å². The van der Waals surface area contributed by atoms with E-state index in [9.17, 15) is 33.9 Å². The molecular weight excluding hydrogens is 560 g/mol. The summed E-state index contributed by atoms with van der Waals surface area (Å²) in [7, 11) is 2.63. The first-order valence-corrected chi connectivity index (χ1v) is 12.5. The fraction of sp³-hybridized carbons (Fsp3) is 0.412. The van der Waals surface area contributed by atoms with Gasteiger partial charge in [-0.25, -0.2) is 4.79 Å². The summed E-state index contributed by atoms with van der Waals surface area (Å²) in [5, 5.41) is 17.1. The number of carboxylic acid groups (broad SMARTS) is 1. The summed E-state index contributed by atoms with van der Waals surface area (Å²) in [4.78, 5) is 81.1. The van der Waals surface area contributed by atoms with Gasteiger partial charge in [-0.15, -0.1) is 11.8 Å². The van der Waals surface area contributed by atoms with E-state index in [1.165, 1.54) is 23.5 Å². The summed E-state index contributed by atoms with van der Waals surface area (Å²) in [6, 6.07) is -1.06. The zero-order valence-corrected chi connectivity index (χ0v) is 20.8. The average molecular weight is 577 g/mol. The van der Waals surface area contributed by atoms with E-state index in [2.05, 4.69) is 41.3 Å². The van der Waals surface area contributed by atoms with Crippen molar-refractivity contribution in [1.82, 2.24) is 25.0 Å². The van der Waals surface area contributed by atoms with Crippen molar-refractivity contribution in [3.8, 4) is 0 Å². The largest absolute Gasteiger partial charge is 0.477 e. The highest BCUT2D eigenvalue weighted by molar-refractivity contribution is 9.09. The van der Waals surface area contributed by atoms with Crippen molar-refractivity contribution in [2.45, 2.75) is 16.6 Å². The zero-order valence-electron chi connectivity index (χ0n) is 17.6. The molecule has 14 nitrogen and oxygen atoms in total. The Morgan fingerprint density at radius 3 is 2.71 bits per heavy atom. The lowest BCUT2D eigenvalue weighted by molar-refractivity contribution is -0.150. The minimum atomic E-state index is -1.33. The van der Waals surface area contributed by atoms with E-state index < -0.39 is 51.8 Å². The van der Waals surface area contributed by atoms with Gasteiger partial charge in [0.15, 0.2) is 5.16 Å². The maximum absolute atomic E-state index is 12.8. The molecular formula is C17H17BrN6O8S2. The molecule has 0 bridgehead atoms. The molecule has 3 heterocycles. The maximum atomic E-state index is 12.8. The van der Waals surface area contributed by atoms with Gasteiger partial charge in [-0.05, 0) is 5.57 Å². The predicted octanol–water partition coefficient (Wildman–Crippen LogP) is -1.73. The van der Waals surface area contributed by atoms with Crippen molar-refractivity contribution in [2.24, 2.45) is 12.2 Å². The fourth-order valence-electron chi connectivity index (χ4n) is 3.12. The molecule has 1 aromatic rings. The number of oxime groups is 1. The number of fused-ring (bicyclic) bond motifs is 1. The monoisotopic (exact) mass is 576 g/mol. The first-order chi connectivity index (χ1) is 16.1. The molecule has 2 amide bonds. The molecule has 3 N–H and O–H groups in total. The maximum Gasteiger partial charge on any atom is 0.352 e. The number of amides is 2. The van der Waals surface area contributed by atoms with Crippen LogP contribution in [0.5, 0.6) is 0 Å². The molecule has 0 spiro atoms. The van der Waals surface area contributed by atoms with Crippen molar-refractivity contribution in [2.75, 3.05) is 23.9 Å². The molecule has 0 aliphatic carbocycles. The van der Waals surface area contributed by atoms with Crippen molar-refractivity contribution in [1.29, 1.82) is 0 Å². The number of aromatic amines is 1. The highest BCUT2D eigenvalue weighted by atomic mass is 79.9. The number of rotatable bonds is 9. The summed E-state index contributed by atoms with van der Waals surface area (Å²) < 4.78 is 1.24. The van der Waals surface area contributed by atoms with E-state index in [0.29, 0.717) is 5.57 Å². The molecule has 2 atom stereocenters. The number of aryl methyl sites for hydroxylation is 1. The number of Topliss-reactive ketones (excluding diaryl/α,β-unsaturated/α-hetero) is 1. The predicted molar refractivity (Wildman–Crippen MR) is 124 cm³/mol. The van der Waals surface area contributed by atoms with E-state index in [1.54, 1.807) is 0 Å². The van der Waals surface area contributed by atoms with Crippen molar-refractivity contribution in [3.05, 3.63) is 32.0 Å². The highest BCUT2D eigenvalue weighted by Gasteiger charge is 2.54. The second kappa shape index (κ2) is 10.6. The van der Waals surface area contributed by atoms with Crippen LogP contribution in [0.2, 0.25) is 0 Å². The third-order valence-electron chi connectivity index (χ3n) is 4.64. The van der Waals surface area contributed by atoms with Gasteiger partial charge in [-0.3, -0.25) is 38.7 Å². The lowest BCUT2D eigenvalue weighted by atomic mass is 10.0. The standard InChI is InChI=1S/C17H17BrN6O8S2/c1-23-17(20-12(27)13(28)21-23)34-5-6-4-33-15-9(14(29)24(15)10(6)16(30)31)19-11(26)8(22-32-2)7(25)3-18/h9,15H,3-5H2,1-2H3,(H,19,26)(H,21,28)(H,30,31)/b22-8-/t9?,15-/m0/s1. The number of thioether (sulfide) groups is 2. The van der Waals surface area contributed by atoms with Gasteiger partial charge in [0.2, 0.25) is 11.5 Å². The Balaban J connectivity index is 1.78. The number of β-lactam (4-membered cyclic amide) rings is 1. The van der Waals surface area contributed by atoms with Crippen LogP contribution in [0.3, 0.4) is 0 Å². The Labute approximate surface area is 207 Å². The van der Waals surface area contributed by atoms with Crippen LogP contribution in [0.25, 0.3) is 0 Å². The highest BCUT2D eigenvalue weighted by Crippen LogP contribution is 2.41. The van der Waals surface area contributed by atoms with Crippen LogP contribution in [-0.2, 0) is 31.1 Å². The Kier molecular flexibility index (Phi) is 7.98. The normalized spacial score (nSPS) is 19.9. The van der Waals surface area contributed by atoms with Gasteiger partial charge < -0.3 is 15.3 Å². The Morgan fingerprint density at radius 2 is 2.09 bits per heavy atom. The number of aromatic nitrogens is 3. The van der Waals surface area contributed by atoms with Gasteiger partial charge in [0, 0.05) is 18.6 Å². The van der Waals surface area contributed by atoms with Gasteiger partial charge in [-0.1, -0.05) is 32.8 Å². The SMILES string of the molecule is CO/N=C(/C(=O)CBr)C(=O)NC1C(=O)N2C(C(=O)O)=C(CSc3nc(=O)c(=O)[nH]n3C)CS[C@@H]12. The number of carbonyl (C=O) groups is 4. The average Bonchev–Trinajstić information content (AvgIpc) is 2.80. The number of aliphatic carboxylic acids is 1. The first-order valence-electron chi connectivity index (χ1n) is 9.32. The first kappa shape index (κ1) is 25.7. The molecule has 17 heteroatoms. The molecule has 0 saturated carbocycles. The molecule has 1 saturated heterocycles. The zero-order chi connectivity index (χ0) is 25.2. The molecule has 0 radical (unpaired) electrons. The Hall–Kier alpha value is -2.92. The minimum Gasteiger partial charge on any atom is -0.477 e. The van der Waals surface area contributed by atoms with Crippen LogP contribution >= 0.6 is 39.5 Å². The van der Waals surface area contributed by atoms with Crippen LogP contribution in [-0.4, -0.2) is 89.4 Å². The second-order valence-corrected chi connectivity index (χ2v) is 9.39. The van der Waals surface area contributed by atoms with Gasteiger partial charge in [0.05, 0.1) is 5.33 Å². The number of carbonyl (C=O) groups excluding carboxylic acids is 3. The van der Waals surface area contributed by atoms with E-state index >= 15 is 0 Å². The fourth-order valence-corrected chi connectivity index (χ4v) is 5.79. The van der Waals surface area contributed by atoms with Gasteiger partial charge in [-0.2, -0.15) is 4.98 Å². The van der Waals surface area contributed by atoms with E-state index in [-0.39, 0.29) is 27.7 Å². The second-order valence-electron chi connectivity index (χ2n) is 6.79. The summed E-state index contributed by atoms with van der Waals surface area (Å²) >= 11 is 5.18. The van der Waals surface area contributed by atoms with Crippen molar-refractivity contribution >= 4 is 68.7 Å². The van der Waals surface area contributed by atoms with E-state index in [4.69, 9.17) is 0 Å². The smallest absolute Gasteiger partial charge is 0.352 e. The molecule has 2 aliphatic heterocycles. The number of nitrogens with zero attached hydrogens (tertiary/aromatic N) is 4. The molecule has 0 aromatic carbocycles. The van der Waals surface area contributed by atoms with Crippen molar-refractivity contribution in [3.63, 3.8) is 0 Å². The molecule has 34 heavy (non-hydrogen) atoms. The van der Waals surface area contributed by atoms with Crippen LogP contribution in [0.1, 0.15) is 0 Å². The minimum absolute atomic E-state index is 0.0822. The molecule has 3 rings (SSSR count). The van der Waals surface area contributed by atoms with Crippen LogP contribution < -0.4 is 16.4 Å². The summed E-state index contributed by atoms with van der Waals surface area (Å²) in [5.74, 6) is -3.28. The van der Waals surface area contributed by atoms with Crippen LogP contribution in [0.4, 0.5) is 0 Å². The molecule has 1 unspecified atom stereocenters. The number of halogens is 1. The van der Waals surface area contributed by atoms with E-state index in [0.717, 1.165) is 23.8 Å². The van der Waals surface area contributed by atoms with E-state index in [1.807, 2.05) is 0 Å². The Bertz CT molecular complexity index is 1240. The number of ketones is 1. The molecule has 1 fully saturated rings. The molecule has 2 aliphatic rings. The summed E-state index contributed by atoms with van der Waals surface area (Å²) in [5.41, 5.74) is -2.23. The summed E-state index contributed by atoms with van der Waals surface area (Å²) in [6.45, 7) is 0. The third kappa shape index (κ3) is 4.95. The lowest BCUT2D eigenvalue weighted by Crippen LogP contribution is -2.71. The number of carboxylic acids is 1. The van der Waals surface area contributed by atoms with Gasteiger partial charge in [0.1, 0.15) is 24.2 Å². The van der Waals surface area contributed by atoms with Gasteiger partial charge >= 0.3 is 17.1 Å². The van der Waals surface area contributed by atoms with Crippen LogP contribution in [0.15, 0.2) is 31.2 Å². The number of nitrogens with one attached hydrogen (secondary N) is 2. The number of hydrogen-bond donors (Lipinski definition) is 3. The number of hydrogen-bond acceptors (Lipinski definition) is 11. The number of H-pyrrole nitrogens is 1. The Morgan fingerprint density at radius 1 is 1.38 bits per heavy atom. The van der Waals surface area contributed by atoms with Crippen LogP contribution in [0, 0.1) is 0 Å². The number of alkyl halides is 1. The quantitative estimate of drug-likeness (QED) is 0.0574. The van der Waals surface area contributed by atoms with Crippen molar-refractivity contribution < 1.29 is 29.1 Å². The van der Waals surface area contributed by atoms with Gasteiger partial charge in [0.25, 0.3) is 11.8 Å². The lowest BCUT2D eigenvalue weighted by Gasteiger charge is -2.49.